The Balaban J connectivity index is 1.27. The molecule has 4 rings (SSSR count). The molecule has 2 aromatic rings. The van der Waals surface area contributed by atoms with Crippen LogP contribution in [0.5, 0.6) is 5.75 Å². The molecule has 2 aliphatic rings. The van der Waals surface area contributed by atoms with E-state index in [1.165, 1.54) is 6.07 Å². The first-order valence-corrected chi connectivity index (χ1v) is 10.4. The molecule has 3 amide bonds. The summed E-state index contributed by atoms with van der Waals surface area (Å²) in [5.41, 5.74) is 1.54. The van der Waals surface area contributed by atoms with Crippen molar-refractivity contribution in [2.75, 3.05) is 31.6 Å². The summed E-state index contributed by atoms with van der Waals surface area (Å²) in [6, 6.07) is 11.5. The quantitative estimate of drug-likeness (QED) is 0.770. The first-order chi connectivity index (χ1) is 15.0. The molecule has 1 fully saturated rings. The molecule has 1 saturated heterocycles. The molecule has 0 aliphatic carbocycles. The molecule has 0 unspecified atom stereocenters. The summed E-state index contributed by atoms with van der Waals surface area (Å²) >= 11 is 0. The molecule has 2 aliphatic heterocycles. The maximum absolute atomic E-state index is 13.7. The number of halogens is 1. The van der Waals surface area contributed by atoms with Crippen LogP contribution in [-0.2, 0) is 16.0 Å². The van der Waals surface area contributed by atoms with Crippen LogP contribution in [0.15, 0.2) is 42.5 Å². The van der Waals surface area contributed by atoms with Gasteiger partial charge in [0, 0.05) is 31.1 Å². The van der Waals surface area contributed by atoms with Gasteiger partial charge in [-0.15, -0.1) is 0 Å². The molecule has 2 heterocycles. The highest BCUT2D eigenvalue weighted by Gasteiger charge is 2.28. The van der Waals surface area contributed by atoms with Crippen LogP contribution in [0.2, 0.25) is 0 Å². The zero-order valence-electron chi connectivity index (χ0n) is 17.0. The molecule has 0 saturated carbocycles. The second-order valence-corrected chi connectivity index (χ2v) is 7.75. The number of hydrogen-bond donors (Lipinski definition) is 2. The summed E-state index contributed by atoms with van der Waals surface area (Å²) < 4.78 is 19.0. The minimum Gasteiger partial charge on any atom is -0.482 e. The van der Waals surface area contributed by atoms with Crippen molar-refractivity contribution >= 4 is 23.4 Å². The molecule has 162 valence electrons. The van der Waals surface area contributed by atoms with Gasteiger partial charge in [0.25, 0.3) is 11.8 Å². The number of nitrogens with zero attached hydrogens (tertiary/aromatic N) is 1. The van der Waals surface area contributed by atoms with Crippen LogP contribution in [0.1, 0.15) is 28.8 Å². The van der Waals surface area contributed by atoms with Crippen LogP contribution in [0.4, 0.5) is 10.1 Å². The number of hydrogen-bond acceptors (Lipinski definition) is 4. The molecule has 7 nitrogen and oxygen atoms in total. The topological polar surface area (TPSA) is 87.7 Å². The molecule has 2 N–H and O–H groups in total. The van der Waals surface area contributed by atoms with Crippen LogP contribution >= 0.6 is 0 Å². The standard InChI is InChI=1S/C23H24FN3O4/c24-18-4-2-1-3-15(18)7-10-25-22(29)16-8-11-27(12-9-16)23(30)17-5-6-20-19(13-17)26-21(28)14-31-20/h1-6,13,16H,7-12,14H2,(H,25,29)(H,26,28). The fraction of sp³-hybridized carbons (Fsp3) is 0.348. The Bertz CT molecular complexity index is 1000. The van der Waals surface area contributed by atoms with E-state index in [9.17, 15) is 18.8 Å². The Labute approximate surface area is 179 Å². The number of benzene rings is 2. The highest BCUT2D eigenvalue weighted by Crippen LogP contribution is 2.29. The molecule has 31 heavy (non-hydrogen) atoms. The summed E-state index contributed by atoms with van der Waals surface area (Å²) in [7, 11) is 0. The highest BCUT2D eigenvalue weighted by molar-refractivity contribution is 6.00. The summed E-state index contributed by atoms with van der Waals surface area (Å²) in [6.45, 7) is 1.30. The molecule has 2 aromatic carbocycles. The number of piperidine rings is 1. The smallest absolute Gasteiger partial charge is 0.262 e. The summed E-state index contributed by atoms with van der Waals surface area (Å²) in [4.78, 5) is 38.5. The van der Waals surface area contributed by atoms with Gasteiger partial charge in [0.1, 0.15) is 11.6 Å². The van der Waals surface area contributed by atoms with Crippen molar-refractivity contribution in [2.45, 2.75) is 19.3 Å². The average Bonchev–Trinajstić information content (AvgIpc) is 2.79. The van der Waals surface area contributed by atoms with Gasteiger partial charge >= 0.3 is 0 Å². The third-order valence-corrected chi connectivity index (χ3v) is 5.66. The Morgan fingerprint density at radius 2 is 1.94 bits per heavy atom. The van der Waals surface area contributed by atoms with Crippen molar-refractivity contribution in [3.8, 4) is 5.75 Å². The van der Waals surface area contributed by atoms with Crippen molar-refractivity contribution in [3.63, 3.8) is 0 Å². The van der Waals surface area contributed by atoms with Gasteiger partial charge in [-0.1, -0.05) is 18.2 Å². The maximum Gasteiger partial charge on any atom is 0.262 e. The fourth-order valence-corrected chi connectivity index (χ4v) is 3.91. The van der Waals surface area contributed by atoms with Crippen LogP contribution in [0.25, 0.3) is 0 Å². The van der Waals surface area contributed by atoms with Crippen LogP contribution in [0, 0.1) is 11.7 Å². The summed E-state index contributed by atoms with van der Waals surface area (Å²) in [5, 5.41) is 5.58. The lowest BCUT2D eigenvalue weighted by atomic mass is 9.95. The second-order valence-electron chi connectivity index (χ2n) is 7.75. The van der Waals surface area contributed by atoms with E-state index in [2.05, 4.69) is 10.6 Å². The van der Waals surface area contributed by atoms with Crippen molar-refractivity contribution in [3.05, 3.63) is 59.4 Å². The van der Waals surface area contributed by atoms with Crippen LogP contribution in [0.3, 0.4) is 0 Å². The monoisotopic (exact) mass is 425 g/mol. The summed E-state index contributed by atoms with van der Waals surface area (Å²) in [6.07, 6.45) is 1.58. The zero-order valence-corrected chi connectivity index (χ0v) is 17.0. The van der Waals surface area contributed by atoms with Gasteiger partial charge in [0.2, 0.25) is 5.91 Å². The van der Waals surface area contributed by atoms with E-state index in [-0.39, 0.29) is 36.1 Å². The minimum atomic E-state index is -0.267. The molecule has 0 aromatic heterocycles. The van der Waals surface area contributed by atoms with Crippen molar-refractivity contribution in [1.82, 2.24) is 10.2 Å². The first-order valence-electron chi connectivity index (χ1n) is 10.4. The largest absolute Gasteiger partial charge is 0.482 e. The number of fused-ring (bicyclic) bond motifs is 1. The number of ether oxygens (including phenoxy) is 1. The summed E-state index contributed by atoms with van der Waals surface area (Å²) in [5.74, 6) is -0.336. The Kier molecular flexibility index (Phi) is 6.16. The molecular weight excluding hydrogens is 401 g/mol. The number of rotatable bonds is 5. The lowest BCUT2D eigenvalue weighted by Gasteiger charge is -2.31. The van der Waals surface area contributed by atoms with Crippen molar-refractivity contribution < 1.29 is 23.5 Å². The average molecular weight is 425 g/mol. The van der Waals surface area contributed by atoms with Crippen LogP contribution < -0.4 is 15.4 Å². The Hall–Kier alpha value is -3.42. The van der Waals surface area contributed by atoms with Crippen LogP contribution in [-0.4, -0.2) is 48.9 Å². The lowest BCUT2D eigenvalue weighted by molar-refractivity contribution is -0.126. The second kappa shape index (κ2) is 9.16. The van der Waals surface area contributed by atoms with E-state index in [0.29, 0.717) is 61.5 Å². The Morgan fingerprint density at radius 1 is 1.16 bits per heavy atom. The molecule has 0 atom stereocenters. The normalized spacial score (nSPS) is 16.2. The predicted octanol–water partition coefficient (Wildman–Crippen LogP) is 2.37. The van der Waals surface area contributed by atoms with Gasteiger partial charge in [-0.2, -0.15) is 0 Å². The van der Waals surface area contributed by atoms with Gasteiger partial charge in [-0.3, -0.25) is 14.4 Å². The molecular formula is C23H24FN3O4. The number of amides is 3. The molecule has 0 bridgehead atoms. The zero-order chi connectivity index (χ0) is 21.8. The highest BCUT2D eigenvalue weighted by atomic mass is 19.1. The van der Waals surface area contributed by atoms with Gasteiger partial charge in [-0.25, -0.2) is 4.39 Å². The third-order valence-electron chi connectivity index (χ3n) is 5.66. The van der Waals surface area contributed by atoms with Crippen molar-refractivity contribution in [1.29, 1.82) is 0 Å². The maximum atomic E-state index is 13.7. The number of carbonyl (C=O) groups is 3. The lowest BCUT2D eigenvalue weighted by Crippen LogP contribution is -2.43. The number of likely N-dealkylation sites (tertiary alicyclic amines) is 1. The van der Waals surface area contributed by atoms with Gasteiger partial charge in [-0.05, 0) is 49.1 Å². The molecule has 0 spiro atoms. The van der Waals surface area contributed by atoms with E-state index >= 15 is 0 Å². The van der Waals surface area contributed by atoms with E-state index in [1.54, 1.807) is 41.3 Å². The van der Waals surface area contributed by atoms with E-state index in [4.69, 9.17) is 4.74 Å². The van der Waals surface area contributed by atoms with Gasteiger partial charge in [0.15, 0.2) is 6.61 Å². The van der Waals surface area contributed by atoms with E-state index in [0.717, 1.165) is 0 Å². The van der Waals surface area contributed by atoms with Gasteiger partial charge < -0.3 is 20.3 Å². The number of carbonyl (C=O) groups excluding carboxylic acids is 3. The predicted molar refractivity (Wildman–Crippen MR) is 112 cm³/mol. The Morgan fingerprint density at radius 3 is 2.71 bits per heavy atom. The molecule has 8 heteroatoms. The van der Waals surface area contributed by atoms with E-state index in [1.807, 2.05) is 0 Å². The number of anilines is 1. The van der Waals surface area contributed by atoms with Crippen molar-refractivity contribution in [2.24, 2.45) is 5.92 Å². The van der Waals surface area contributed by atoms with Gasteiger partial charge in [0.05, 0.1) is 5.69 Å². The SMILES string of the molecule is O=C1COc2ccc(C(=O)N3CCC(C(=O)NCCc4ccccc4F)CC3)cc2N1. The van der Waals surface area contributed by atoms with E-state index < -0.39 is 0 Å². The number of nitrogens with one attached hydrogen (secondary N) is 2. The minimum absolute atomic E-state index is 0.0316. The molecule has 0 radical (unpaired) electrons. The third kappa shape index (κ3) is 4.84. The first kappa shape index (κ1) is 20.8. The fourth-order valence-electron chi connectivity index (χ4n) is 3.91.